The summed E-state index contributed by atoms with van der Waals surface area (Å²) < 4.78 is 2.08. The molecule has 17 heavy (non-hydrogen) atoms. The molecule has 5 heteroatoms. The molecule has 1 N–H and O–H groups in total. The van der Waals surface area contributed by atoms with Crippen LogP contribution in [0.5, 0.6) is 0 Å². The summed E-state index contributed by atoms with van der Waals surface area (Å²) in [4.78, 5) is 11.4. The van der Waals surface area contributed by atoms with Crippen molar-refractivity contribution >= 4 is 17.1 Å². The molecule has 0 unspecified atom stereocenters. The molecule has 0 aliphatic carbocycles. The lowest BCUT2D eigenvalue weighted by Crippen LogP contribution is -2.29. The van der Waals surface area contributed by atoms with E-state index < -0.39 is 0 Å². The Labute approximate surface area is 100 Å². The minimum Gasteiger partial charge on any atom is -0.341 e. The second-order valence-electron chi connectivity index (χ2n) is 4.41. The first kappa shape index (κ1) is 10.5. The molecule has 2 aromatic heterocycles. The van der Waals surface area contributed by atoms with Crippen LogP contribution >= 0.6 is 0 Å². The maximum absolute atomic E-state index is 4.68. The smallest absolute Gasteiger partial charge is 0.207 e. The Kier molecular flexibility index (Phi) is 2.68. The molecule has 1 aliphatic rings. The van der Waals surface area contributed by atoms with Gasteiger partial charge in [0.05, 0.1) is 0 Å². The van der Waals surface area contributed by atoms with Crippen molar-refractivity contribution in [2.24, 2.45) is 7.05 Å². The predicted molar refractivity (Wildman–Crippen MR) is 68.2 cm³/mol. The zero-order chi connectivity index (χ0) is 11.7. The van der Waals surface area contributed by atoms with Gasteiger partial charge in [0.2, 0.25) is 5.95 Å². The molecule has 2 aromatic rings. The van der Waals surface area contributed by atoms with Crippen LogP contribution in [0, 0.1) is 0 Å². The first-order chi connectivity index (χ1) is 8.36. The number of pyridine rings is 1. The number of nitrogens with zero attached hydrogens (tertiary/aromatic N) is 4. The third-order valence-electron chi connectivity index (χ3n) is 3.23. The zero-order valence-electron chi connectivity index (χ0n) is 10.1. The maximum Gasteiger partial charge on any atom is 0.207 e. The Balaban J connectivity index is 2.01. The van der Waals surface area contributed by atoms with Crippen molar-refractivity contribution < 1.29 is 0 Å². The van der Waals surface area contributed by atoms with Gasteiger partial charge in [0.15, 0.2) is 5.65 Å². The standard InChI is InChI=1S/C12H17N5/c1-16-11-10(4-2-6-14-11)15-12(16)17-8-3-5-13-7-9-17/h2,4,6,13H,3,5,7-9H2,1H3. The number of anilines is 1. The van der Waals surface area contributed by atoms with E-state index in [-0.39, 0.29) is 0 Å². The predicted octanol–water partition coefficient (Wildman–Crippen LogP) is 0.768. The van der Waals surface area contributed by atoms with E-state index in [1.165, 1.54) is 0 Å². The van der Waals surface area contributed by atoms with E-state index in [4.69, 9.17) is 0 Å². The molecule has 1 fully saturated rings. The molecule has 0 radical (unpaired) electrons. The minimum absolute atomic E-state index is 0.958. The Morgan fingerprint density at radius 2 is 2.24 bits per heavy atom. The van der Waals surface area contributed by atoms with Crippen LogP contribution in [0.25, 0.3) is 11.2 Å². The molecular weight excluding hydrogens is 214 g/mol. The summed E-state index contributed by atoms with van der Waals surface area (Å²) in [6.07, 6.45) is 2.98. The van der Waals surface area contributed by atoms with Crippen LogP contribution in [0.1, 0.15) is 6.42 Å². The fraction of sp³-hybridized carbons (Fsp3) is 0.500. The average Bonchev–Trinajstić information content (AvgIpc) is 2.57. The summed E-state index contributed by atoms with van der Waals surface area (Å²) in [5, 5.41) is 3.41. The molecule has 0 bridgehead atoms. The highest BCUT2D eigenvalue weighted by atomic mass is 15.3. The van der Waals surface area contributed by atoms with Crippen LogP contribution in [0.4, 0.5) is 5.95 Å². The number of hydrogen-bond acceptors (Lipinski definition) is 4. The lowest BCUT2D eigenvalue weighted by molar-refractivity contribution is 0.724. The van der Waals surface area contributed by atoms with Gasteiger partial charge >= 0.3 is 0 Å². The Bertz CT molecular complexity index is 511. The summed E-state index contributed by atoms with van der Waals surface area (Å²) in [5.74, 6) is 1.03. The molecule has 3 rings (SSSR count). The third-order valence-corrected chi connectivity index (χ3v) is 3.23. The van der Waals surface area contributed by atoms with E-state index in [0.29, 0.717) is 0 Å². The van der Waals surface area contributed by atoms with Crippen LogP contribution in [0.2, 0.25) is 0 Å². The van der Waals surface area contributed by atoms with Crippen molar-refractivity contribution in [3.05, 3.63) is 18.3 Å². The molecule has 0 saturated carbocycles. The van der Waals surface area contributed by atoms with Crippen LogP contribution in [0.15, 0.2) is 18.3 Å². The van der Waals surface area contributed by atoms with E-state index in [1.54, 1.807) is 0 Å². The van der Waals surface area contributed by atoms with Crippen molar-refractivity contribution in [3.63, 3.8) is 0 Å². The largest absolute Gasteiger partial charge is 0.341 e. The lowest BCUT2D eigenvalue weighted by atomic mass is 10.4. The highest BCUT2D eigenvalue weighted by Gasteiger charge is 2.16. The number of nitrogens with one attached hydrogen (secondary N) is 1. The van der Waals surface area contributed by atoms with Crippen molar-refractivity contribution in [1.29, 1.82) is 0 Å². The summed E-state index contributed by atoms with van der Waals surface area (Å²) in [7, 11) is 2.04. The second-order valence-corrected chi connectivity index (χ2v) is 4.41. The Morgan fingerprint density at radius 3 is 3.12 bits per heavy atom. The fourth-order valence-electron chi connectivity index (χ4n) is 2.34. The van der Waals surface area contributed by atoms with Crippen molar-refractivity contribution in [2.45, 2.75) is 6.42 Å². The van der Waals surface area contributed by atoms with Crippen molar-refractivity contribution in [3.8, 4) is 0 Å². The van der Waals surface area contributed by atoms with E-state index >= 15 is 0 Å². The van der Waals surface area contributed by atoms with Gasteiger partial charge in [0.25, 0.3) is 0 Å². The molecule has 1 aliphatic heterocycles. The molecular formula is C12H17N5. The third kappa shape index (κ3) is 1.86. The van der Waals surface area contributed by atoms with Gasteiger partial charge in [-0.05, 0) is 25.1 Å². The van der Waals surface area contributed by atoms with E-state index in [1.807, 2.05) is 25.4 Å². The second kappa shape index (κ2) is 4.33. The van der Waals surface area contributed by atoms with Crippen molar-refractivity contribution in [1.82, 2.24) is 19.9 Å². The van der Waals surface area contributed by atoms with Gasteiger partial charge in [-0.3, -0.25) is 4.57 Å². The van der Waals surface area contributed by atoms with Gasteiger partial charge in [-0.1, -0.05) is 0 Å². The number of aryl methyl sites for hydroxylation is 1. The molecule has 0 spiro atoms. The van der Waals surface area contributed by atoms with E-state index in [0.717, 1.165) is 49.7 Å². The molecule has 3 heterocycles. The number of imidazole rings is 1. The van der Waals surface area contributed by atoms with Gasteiger partial charge < -0.3 is 10.2 Å². The number of hydrogen-bond donors (Lipinski definition) is 1. The molecule has 90 valence electrons. The van der Waals surface area contributed by atoms with Crippen molar-refractivity contribution in [2.75, 3.05) is 31.1 Å². The zero-order valence-corrected chi connectivity index (χ0v) is 10.1. The molecule has 0 aromatic carbocycles. The average molecular weight is 231 g/mol. The summed E-state index contributed by atoms with van der Waals surface area (Å²) in [6, 6.07) is 3.95. The SMILES string of the molecule is Cn1c(N2CCCNCC2)nc2cccnc21. The first-order valence-corrected chi connectivity index (χ1v) is 6.09. The van der Waals surface area contributed by atoms with Gasteiger partial charge in [0, 0.05) is 32.9 Å². The van der Waals surface area contributed by atoms with Crippen LogP contribution in [0.3, 0.4) is 0 Å². The normalized spacial score (nSPS) is 17.4. The van der Waals surface area contributed by atoms with Crippen LogP contribution in [-0.2, 0) is 7.05 Å². The van der Waals surface area contributed by atoms with Gasteiger partial charge in [-0.2, -0.15) is 0 Å². The topological polar surface area (TPSA) is 46.0 Å². The maximum atomic E-state index is 4.68. The lowest BCUT2D eigenvalue weighted by Gasteiger charge is -2.20. The molecule has 5 nitrogen and oxygen atoms in total. The number of rotatable bonds is 1. The number of fused-ring (bicyclic) bond motifs is 1. The summed E-state index contributed by atoms with van der Waals surface area (Å²) >= 11 is 0. The highest BCUT2D eigenvalue weighted by Crippen LogP contribution is 2.19. The van der Waals surface area contributed by atoms with Crippen LogP contribution < -0.4 is 10.2 Å². The van der Waals surface area contributed by atoms with Crippen LogP contribution in [-0.4, -0.2) is 40.7 Å². The molecule has 1 saturated heterocycles. The molecule has 0 amide bonds. The Morgan fingerprint density at radius 1 is 1.29 bits per heavy atom. The van der Waals surface area contributed by atoms with Gasteiger partial charge in [-0.15, -0.1) is 0 Å². The molecule has 0 atom stereocenters. The van der Waals surface area contributed by atoms with E-state index in [2.05, 4.69) is 24.8 Å². The highest BCUT2D eigenvalue weighted by molar-refractivity contribution is 5.74. The monoisotopic (exact) mass is 231 g/mol. The quantitative estimate of drug-likeness (QED) is 0.787. The summed E-state index contributed by atoms with van der Waals surface area (Å²) in [5.41, 5.74) is 1.93. The van der Waals surface area contributed by atoms with Gasteiger partial charge in [-0.25, -0.2) is 9.97 Å². The van der Waals surface area contributed by atoms with E-state index in [9.17, 15) is 0 Å². The summed E-state index contributed by atoms with van der Waals surface area (Å²) in [6.45, 7) is 4.19. The van der Waals surface area contributed by atoms with Gasteiger partial charge in [0.1, 0.15) is 5.52 Å². The number of aromatic nitrogens is 3. The first-order valence-electron chi connectivity index (χ1n) is 6.09. The fourth-order valence-corrected chi connectivity index (χ4v) is 2.34. The Hall–Kier alpha value is -1.62. The minimum atomic E-state index is 0.958.